The summed E-state index contributed by atoms with van der Waals surface area (Å²) < 4.78 is 5.70. The molecule has 1 aromatic rings. The highest BCUT2D eigenvalue weighted by atomic mass is 35.5. The van der Waals surface area contributed by atoms with Gasteiger partial charge in [-0.05, 0) is 56.4 Å². The molecule has 21 heavy (non-hydrogen) atoms. The van der Waals surface area contributed by atoms with E-state index in [-0.39, 0.29) is 5.91 Å². The molecule has 1 N–H and O–H groups in total. The maximum absolute atomic E-state index is 11.8. The molecule has 0 aliphatic heterocycles. The van der Waals surface area contributed by atoms with Crippen molar-refractivity contribution in [3.63, 3.8) is 0 Å². The average Bonchev–Trinajstić information content (AvgIpc) is 2.93. The third kappa shape index (κ3) is 4.92. The number of rotatable bonds is 6. The lowest BCUT2D eigenvalue weighted by molar-refractivity contribution is -0.122. The minimum atomic E-state index is 0.147. The van der Waals surface area contributed by atoms with Crippen LogP contribution in [-0.4, -0.2) is 18.6 Å². The Morgan fingerprint density at radius 2 is 1.90 bits per heavy atom. The summed E-state index contributed by atoms with van der Waals surface area (Å²) in [6.07, 6.45) is 6.01. The van der Waals surface area contributed by atoms with Gasteiger partial charge in [-0.2, -0.15) is 0 Å². The van der Waals surface area contributed by atoms with E-state index >= 15 is 0 Å². The standard InChI is InChI=1S/C17H24ClNO2/c1-12-10-15(11-13(2)17(12)18)21-9-5-8-16(20)19-14-6-3-4-7-14/h10-11,14H,3-9H2,1-2H3,(H,19,20). The summed E-state index contributed by atoms with van der Waals surface area (Å²) in [6.45, 7) is 4.49. The summed E-state index contributed by atoms with van der Waals surface area (Å²) in [5.74, 6) is 0.972. The van der Waals surface area contributed by atoms with E-state index in [1.54, 1.807) is 0 Å². The van der Waals surface area contributed by atoms with Gasteiger partial charge < -0.3 is 10.1 Å². The molecule has 0 radical (unpaired) electrons. The molecule has 1 aliphatic carbocycles. The van der Waals surface area contributed by atoms with Gasteiger partial charge in [0.2, 0.25) is 5.91 Å². The van der Waals surface area contributed by atoms with Crippen molar-refractivity contribution in [2.24, 2.45) is 0 Å². The van der Waals surface area contributed by atoms with Crippen LogP contribution in [0.2, 0.25) is 5.02 Å². The summed E-state index contributed by atoms with van der Waals surface area (Å²) in [4.78, 5) is 11.8. The minimum Gasteiger partial charge on any atom is -0.494 e. The quantitative estimate of drug-likeness (QED) is 0.801. The summed E-state index contributed by atoms with van der Waals surface area (Å²) in [7, 11) is 0. The first-order valence-electron chi connectivity index (χ1n) is 7.75. The van der Waals surface area contributed by atoms with Gasteiger partial charge in [0.05, 0.1) is 6.61 Å². The summed E-state index contributed by atoms with van der Waals surface area (Å²) in [6, 6.07) is 4.28. The van der Waals surface area contributed by atoms with Crippen molar-refractivity contribution >= 4 is 17.5 Å². The SMILES string of the molecule is Cc1cc(OCCCC(=O)NC2CCCC2)cc(C)c1Cl. The Hall–Kier alpha value is -1.22. The van der Waals surface area contributed by atoms with Gasteiger partial charge >= 0.3 is 0 Å². The highest BCUT2D eigenvalue weighted by Crippen LogP contribution is 2.26. The molecule has 1 aliphatic rings. The molecule has 3 nitrogen and oxygen atoms in total. The van der Waals surface area contributed by atoms with E-state index in [0.717, 1.165) is 41.2 Å². The van der Waals surface area contributed by atoms with E-state index < -0.39 is 0 Å². The number of nitrogens with one attached hydrogen (secondary N) is 1. The van der Waals surface area contributed by atoms with Gasteiger partial charge in [-0.15, -0.1) is 0 Å². The zero-order valence-corrected chi connectivity index (χ0v) is 13.6. The van der Waals surface area contributed by atoms with Crippen molar-refractivity contribution in [2.75, 3.05) is 6.61 Å². The number of benzene rings is 1. The summed E-state index contributed by atoms with van der Waals surface area (Å²) >= 11 is 6.13. The third-order valence-corrected chi connectivity index (χ3v) is 4.54. The van der Waals surface area contributed by atoms with E-state index in [4.69, 9.17) is 16.3 Å². The first-order chi connectivity index (χ1) is 10.1. The van der Waals surface area contributed by atoms with Crippen LogP contribution in [0.15, 0.2) is 12.1 Å². The molecule has 0 aromatic heterocycles. The molecular weight excluding hydrogens is 286 g/mol. The van der Waals surface area contributed by atoms with Crippen molar-refractivity contribution in [3.8, 4) is 5.75 Å². The molecule has 1 aromatic carbocycles. The van der Waals surface area contributed by atoms with Gasteiger partial charge in [-0.25, -0.2) is 0 Å². The Morgan fingerprint density at radius 3 is 2.52 bits per heavy atom. The van der Waals surface area contributed by atoms with E-state index in [1.807, 2.05) is 26.0 Å². The number of carbonyl (C=O) groups excluding carboxylic acids is 1. The van der Waals surface area contributed by atoms with Crippen molar-refractivity contribution in [1.29, 1.82) is 0 Å². The van der Waals surface area contributed by atoms with Gasteiger partial charge in [0, 0.05) is 17.5 Å². The summed E-state index contributed by atoms with van der Waals surface area (Å²) in [5.41, 5.74) is 2.04. The number of carbonyl (C=O) groups is 1. The fraction of sp³-hybridized carbons (Fsp3) is 0.588. The predicted molar refractivity (Wildman–Crippen MR) is 86.1 cm³/mol. The fourth-order valence-electron chi connectivity index (χ4n) is 2.78. The molecule has 0 atom stereocenters. The van der Waals surface area contributed by atoms with E-state index in [2.05, 4.69) is 5.32 Å². The zero-order chi connectivity index (χ0) is 15.2. The second-order valence-corrected chi connectivity index (χ2v) is 6.25. The number of halogens is 1. The highest BCUT2D eigenvalue weighted by molar-refractivity contribution is 6.32. The van der Waals surface area contributed by atoms with E-state index in [9.17, 15) is 4.79 Å². The molecule has 1 fully saturated rings. The Labute approximate surface area is 132 Å². The molecule has 4 heteroatoms. The highest BCUT2D eigenvalue weighted by Gasteiger charge is 2.16. The minimum absolute atomic E-state index is 0.147. The van der Waals surface area contributed by atoms with Crippen LogP contribution < -0.4 is 10.1 Å². The Bertz CT molecular complexity index is 473. The first kappa shape index (κ1) is 16.2. The molecule has 0 unspecified atom stereocenters. The molecule has 1 saturated carbocycles. The Morgan fingerprint density at radius 1 is 1.29 bits per heavy atom. The van der Waals surface area contributed by atoms with E-state index in [1.165, 1.54) is 12.8 Å². The normalized spacial score (nSPS) is 15.2. The topological polar surface area (TPSA) is 38.3 Å². The second-order valence-electron chi connectivity index (χ2n) is 5.87. The first-order valence-corrected chi connectivity index (χ1v) is 8.13. The molecular formula is C17H24ClNO2. The molecule has 0 heterocycles. The monoisotopic (exact) mass is 309 g/mol. The maximum Gasteiger partial charge on any atom is 0.220 e. The van der Waals surface area contributed by atoms with Crippen molar-refractivity contribution in [3.05, 3.63) is 28.3 Å². The van der Waals surface area contributed by atoms with Crippen LogP contribution in [0.3, 0.4) is 0 Å². The predicted octanol–water partition coefficient (Wildman–Crippen LogP) is 4.17. The average molecular weight is 310 g/mol. The summed E-state index contributed by atoms with van der Waals surface area (Å²) in [5, 5.41) is 3.88. The molecule has 2 rings (SSSR count). The smallest absolute Gasteiger partial charge is 0.220 e. The Balaban J connectivity index is 1.68. The molecule has 0 bridgehead atoms. The van der Waals surface area contributed by atoms with Crippen molar-refractivity contribution in [2.45, 2.75) is 58.4 Å². The van der Waals surface area contributed by atoms with Crippen LogP contribution in [0, 0.1) is 13.8 Å². The van der Waals surface area contributed by atoms with Crippen LogP contribution in [-0.2, 0) is 4.79 Å². The number of ether oxygens (including phenoxy) is 1. The van der Waals surface area contributed by atoms with E-state index in [0.29, 0.717) is 19.1 Å². The van der Waals surface area contributed by atoms with Gasteiger partial charge in [0.25, 0.3) is 0 Å². The van der Waals surface area contributed by atoms with Crippen LogP contribution in [0.1, 0.15) is 49.7 Å². The van der Waals surface area contributed by atoms with Crippen LogP contribution in [0.4, 0.5) is 0 Å². The maximum atomic E-state index is 11.8. The second kappa shape index (κ2) is 7.69. The number of hydrogen-bond acceptors (Lipinski definition) is 2. The lowest BCUT2D eigenvalue weighted by atomic mass is 10.1. The van der Waals surface area contributed by atoms with Gasteiger partial charge in [-0.3, -0.25) is 4.79 Å². The fourth-order valence-corrected chi connectivity index (χ4v) is 2.89. The largest absolute Gasteiger partial charge is 0.494 e. The van der Waals surface area contributed by atoms with Crippen LogP contribution in [0.5, 0.6) is 5.75 Å². The zero-order valence-electron chi connectivity index (χ0n) is 12.9. The van der Waals surface area contributed by atoms with Gasteiger partial charge in [0.15, 0.2) is 0 Å². The van der Waals surface area contributed by atoms with Crippen LogP contribution >= 0.6 is 11.6 Å². The number of hydrogen-bond donors (Lipinski definition) is 1. The third-order valence-electron chi connectivity index (χ3n) is 3.95. The molecule has 1 amide bonds. The van der Waals surface area contributed by atoms with Crippen molar-refractivity contribution in [1.82, 2.24) is 5.32 Å². The lowest BCUT2D eigenvalue weighted by Gasteiger charge is -2.12. The lowest BCUT2D eigenvalue weighted by Crippen LogP contribution is -2.32. The number of amides is 1. The molecule has 116 valence electrons. The molecule has 0 saturated heterocycles. The van der Waals surface area contributed by atoms with Crippen LogP contribution in [0.25, 0.3) is 0 Å². The Kier molecular flexibility index (Phi) is 5.92. The van der Waals surface area contributed by atoms with Crippen molar-refractivity contribution < 1.29 is 9.53 Å². The number of aryl methyl sites for hydroxylation is 2. The van der Waals surface area contributed by atoms with Gasteiger partial charge in [0.1, 0.15) is 5.75 Å². The van der Waals surface area contributed by atoms with Gasteiger partial charge in [-0.1, -0.05) is 24.4 Å². The molecule has 0 spiro atoms.